The first-order valence-electron chi connectivity index (χ1n) is 8.30. The van der Waals surface area contributed by atoms with Crippen molar-refractivity contribution in [1.82, 2.24) is 0 Å². The lowest BCUT2D eigenvalue weighted by Crippen LogP contribution is -1.94. The number of hydrogen-bond donors (Lipinski definition) is 4. The first kappa shape index (κ1) is 21.2. The predicted octanol–water partition coefficient (Wildman–Crippen LogP) is 4.40. The lowest BCUT2D eigenvalue weighted by molar-refractivity contribution is -0.137. The van der Waals surface area contributed by atoms with E-state index in [0.717, 1.165) is 32.1 Å². The maximum absolute atomic E-state index is 10.3. The van der Waals surface area contributed by atoms with Crippen molar-refractivity contribution in [3.8, 4) is 0 Å². The highest BCUT2D eigenvalue weighted by Crippen LogP contribution is 2.14. The van der Waals surface area contributed by atoms with Crippen LogP contribution in [0.2, 0.25) is 0 Å². The number of carbonyl (C=O) groups is 1. The van der Waals surface area contributed by atoms with Crippen LogP contribution in [0, 0.1) is 0 Å². The van der Waals surface area contributed by atoms with Gasteiger partial charge in [0.1, 0.15) is 11.5 Å². The monoisotopic (exact) mass is 326 g/mol. The summed E-state index contributed by atoms with van der Waals surface area (Å²) in [7, 11) is 0. The van der Waals surface area contributed by atoms with Gasteiger partial charge < -0.3 is 20.4 Å². The molecule has 0 amide bonds. The number of rotatable bonds is 14. The molecular weight excluding hydrogens is 296 g/mol. The fourth-order valence-electron chi connectivity index (χ4n) is 2.02. The summed E-state index contributed by atoms with van der Waals surface area (Å²) in [5.74, 6) is -0.713. The highest BCUT2D eigenvalue weighted by Gasteiger charge is 2.02. The summed E-state index contributed by atoms with van der Waals surface area (Å²) in [5, 5.41) is 36.6. The van der Waals surface area contributed by atoms with Crippen LogP contribution in [-0.4, -0.2) is 33.0 Å². The quantitative estimate of drug-likeness (QED) is 0.215. The van der Waals surface area contributed by atoms with Gasteiger partial charge in [0.05, 0.1) is 0 Å². The maximum Gasteiger partial charge on any atom is 0.303 e. The van der Waals surface area contributed by atoms with Gasteiger partial charge in [0.25, 0.3) is 0 Å². The Balaban J connectivity index is 3.72. The van der Waals surface area contributed by atoms with Gasteiger partial charge in [-0.25, -0.2) is 0 Å². The molecule has 0 unspecified atom stereocenters. The molecule has 5 nitrogen and oxygen atoms in total. The van der Waals surface area contributed by atoms with Crippen LogP contribution >= 0.6 is 0 Å². The van der Waals surface area contributed by atoms with Crippen LogP contribution in [-0.2, 0) is 4.79 Å². The molecule has 0 bridgehead atoms. The van der Waals surface area contributed by atoms with Crippen molar-refractivity contribution < 1.29 is 25.2 Å². The SMILES string of the molecule is O=C(O)CCCCCCCC(O)=C(O)CC=CCC=CCCO. The van der Waals surface area contributed by atoms with Gasteiger partial charge in [-0.2, -0.15) is 0 Å². The molecule has 0 heterocycles. The van der Waals surface area contributed by atoms with Crippen LogP contribution in [0.4, 0.5) is 0 Å². The highest BCUT2D eigenvalue weighted by molar-refractivity contribution is 5.66. The Morgan fingerprint density at radius 3 is 2.00 bits per heavy atom. The van der Waals surface area contributed by atoms with Crippen LogP contribution in [0.1, 0.15) is 64.2 Å². The topological polar surface area (TPSA) is 98.0 Å². The Kier molecular flexibility index (Phi) is 14.0. The van der Waals surface area contributed by atoms with E-state index in [4.69, 9.17) is 10.2 Å². The third kappa shape index (κ3) is 14.9. The zero-order valence-electron chi connectivity index (χ0n) is 13.8. The summed E-state index contributed by atoms with van der Waals surface area (Å²) >= 11 is 0. The Bertz CT molecular complexity index is 396. The average molecular weight is 326 g/mol. The molecule has 0 rings (SSSR count). The zero-order chi connectivity index (χ0) is 17.3. The second-order valence-corrected chi connectivity index (χ2v) is 5.45. The standard InChI is InChI=1S/C18H30O5/c19-15-11-7-2-1-4-8-12-16(20)17(21)13-9-5-3-6-10-14-18(22)23/h2,4,7-8,19-21H,1,3,5-6,9-15H2,(H,22,23). The van der Waals surface area contributed by atoms with Gasteiger partial charge in [0.2, 0.25) is 0 Å². The number of unbranched alkanes of at least 4 members (excludes halogenated alkanes) is 4. The van der Waals surface area contributed by atoms with Crippen LogP contribution in [0.5, 0.6) is 0 Å². The molecule has 0 aromatic carbocycles. The fraction of sp³-hybridized carbons (Fsp3) is 0.611. The summed E-state index contributed by atoms with van der Waals surface area (Å²) in [6, 6.07) is 0. The minimum absolute atomic E-state index is 0.00599. The predicted molar refractivity (Wildman–Crippen MR) is 91.5 cm³/mol. The van der Waals surface area contributed by atoms with Crippen molar-refractivity contribution in [2.24, 2.45) is 0 Å². The van der Waals surface area contributed by atoms with Gasteiger partial charge in [0, 0.05) is 25.9 Å². The van der Waals surface area contributed by atoms with Crippen LogP contribution in [0.15, 0.2) is 35.8 Å². The molecular formula is C18H30O5. The number of aliphatic hydroxyl groups excluding tert-OH is 3. The molecule has 0 radical (unpaired) electrons. The summed E-state index contributed by atoms with van der Waals surface area (Å²) in [6.07, 6.45) is 14.2. The van der Waals surface area contributed by atoms with Crippen LogP contribution < -0.4 is 0 Å². The number of carboxylic acid groups (broad SMARTS) is 1. The number of allylic oxidation sites excluding steroid dienone is 4. The molecule has 0 aromatic heterocycles. The zero-order valence-corrected chi connectivity index (χ0v) is 13.8. The molecule has 4 N–H and O–H groups in total. The third-order valence-corrected chi connectivity index (χ3v) is 3.35. The normalized spacial score (nSPS) is 12.9. The highest BCUT2D eigenvalue weighted by atomic mass is 16.4. The van der Waals surface area contributed by atoms with Gasteiger partial charge in [0.15, 0.2) is 0 Å². The van der Waals surface area contributed by atoms with Crippen molar-refractivity contribution >= 4 is 5.97 Å². The van der Waals surface area contributed by atoms with E-state index in [0.29, 0.717) is 25.7 Å². The van der Waals surface area contributed by atoms with E-state index >= 15 is 0 Å². The molecule has 0 aliphatic heterocycles. The van der Waals surface area contributed by atoms with Crippen molar-refractivity contribution in [3.05, 3.63) is 35.8 Å². The van der Waals surface area contributed by atoms with Crippen LogP contribution in [0.3, 0.4) is 0 Å². The van der Waals surface area contributed by atoms with Crippen molar-refractivity contribution in [2.45, 2.75) is 64.2 Å². The Hall–Kier alpha value is -1.75. The van der Waals surface area contributed by atoms with Gasteiger partial charge in [-0.1, -0.05) is 43.6 Å². The molecule has 23 heavy (non-hydrogen) atoms. The number of hydrogen-bond acceptors (Lipinski definition) is 4. The van der Waals surface area contributed by atoms with Crippen LogP contribution in [0.25, 0.3) is 0 Å². The molecule has 0 aliphatic carbocycles. The summed E-state index contributed by atoms with van der Waals surface area (Å²) in [5.41, 5.74) is 0. The molecule has 132 valence electrons. The summed E-state index contributed by atoms with van der Waals surface area (Å²) in [4.78, 5) is 10.3. The number of aliphatic carboxylic acids is 1. The second-order valence-electron chi connectivity index (χ2n) is 5.45. The maximum atomic E-state index is 10.3. The Labute approximate surface area is 138 Å². The lowest BCUT2D eigenvalue weighted by Gasteiger charge is -2.03. The van der Waals surface area contributed by atoms with Gasteiger partial charge >= 0.3 is 5.97 Å². The number of carboxylic acids is 1. The fourth-order valence-corrected chi connectivity index (χ4v) is 2.02. The largest absolute Gasteiger partial charge is 0.509 e. The molecule has 0 saturated carbocycles. The van der Waals surface area contributed by atoms with Crippen molar-refractivity contribution in [1.29, 1.82) is 0 Å². The first-order chi connectivity index (χ1) is 11.1. The van der Waals surface area contributed by atoms with Gasteiger partial charge in [-0.3, -0.25) is 4.79 Å². The average Bonchev–Trinajstić information content (AvgIpc) is 2.52. The summed E-state index contributed by atoms with van der Waals surface area (Å²) < 4.78 is 0. The first-order valence-corrected chi connectivity index (χ1v) is 8.30. The van der Waals surface area contributed by atoms with E-state index in [1.807, 2.05) is 18.2 Å². The minimum Gasteiger partial charge on any atom is -0.509 e. The van der Waals surface area contributed by atoms with E-state index < -0.39 is 5.97 Å². The van der Waals surface area contributed by atoms with Gasteiger partial charge in [-0.15, -0.1) is 0 Å². The molecule has 0 saturated heterocycles. The molecule has 0 atom stereocenters. The van der Waals surface area contributed by atoms with E-state index in [9.17, 15) is 15.0 Å². The molecule has 0 fully saturated rings. The molecule has 5 heteroatoms. The third-order valence-electron chi connectivity index (χ3n) is 3.35. The number of aliphatic hydroxyl groups is 3. The summed E-state index contributed by atoms with van der Waals surface area (Å²) in [6.45, 7) is 0.150. The van der Waals surface area contributed by atoms with E-state index in [2.05, 4.69) is 0 Å². The second kappa shape index (κ2) is 15.2. The van der Waals surface area contributed by atoms with E-state index in [1.165, 1.54) is 0 Å². The van der Waals surface area contributed by atoms with Gasteiger partial charge in [-0.05, 0) is 25.7 Å². The Morgan fingerprint density at radius 2 is 1.35 bits per heavy atom. The molecule has 0 aromatic rings. The molecule has 0 spiro atoms. The molecule has 0 aliphatic rings. The van der Waals surface area contributed by atoms with E-state index in [1.54, 1.807) is 6.08 Å². The Morgan fingerprint density at radius 1 is 0.739 bits per heavy atom. The van der Waals surface area contributed by atoms with Crippen molar-refractivity contribution in [3.63, 3.8) is 0 Å². The minimum atomic E-state index is -0.757. The van der Waals surface area contributed by atoms with E-state index in [-0.39, 0.29) is 24.5 Å². The van der Waals surface area contributed by atoms with Crippen molar-refractivity contribution in [2.75, 3.05) is 6.61 Å². The smallest absolute Gasteiger partial charge is 0.303 e. The lowest BCUT2D eigenvalue weighted by atomic mass is 10.1.